The molecule has 1 aliphatic rings. The lowest BCUT2D eigenvalue weighted by Gasteiger charge is -2.18. The number of nitrogens with zero attached hydrogens (tertiary/aromatic N) is 3. The van der Waals surface area contributed by atoms with Crippen molar-refractivity contribution in [3.05, 3.63) is 65.5 Å². The molecule has 1 N–H and O–H groups in total. The van der Waals surface area contributed by atoms with Crippen molar-refractivity contribution in [3.63, 3.8) is 0 Å². The number of aryl methyl sites for hydroxylation is 1. The number of ether oxygens (including phenoxy) is 2. The SMILES string of the molecule is Cc1ccn(CCNCCCOc2cccc(-c3cccc(OCCCN4CCCC4)c3C)c2C)n1. The normalized spacial score (nSPS) is 13.9. The average Bonchev–Trinajstić information content (AvgIpc) is 3.55. The van der Waals surface area contributed by atoms with Crippen LogP contribution in [0.15, 0.2) is 48.7 Å². The van der Waals surface area contributed by atoms with Gasteiger partial charge >= 0.3 is 0 Å². The van der Waals surface area contributed by atoms with E-state index in [1.807, 2.05) is 23.9 Å². The van der Waals surface area contributed by atoms with E-state index < -0.39 is 0 Å². The Morgan fingerprint density at radius 3 is 2.03 bits per heavy atom. The molecule has 1 aliphatic heterocycles. The fraction of sp³-hybridized carbons (Fsp3) is 0.500. The molecule has 0 spiro atoms. The van der Waals surface area contributed by atoms with Crippen molar-refractivity contribution in [2.45, 2.75) is 53.0 Å². The molecule has 194 valence electrons. The van der Waals surface area contributed by atoms with Crippen LogP contribution in [0.1, 0.15) is 42.5 Å². The minimum absolute atomic E-state index is 0.692. The lowest BCUT2D eigenvalue weighted by Crippen LogP contribution is -2.22. The summed E-state index contributed by atoms with van der Waals surface area (Å²) in [4.78, 5) is 2.54. The molecule has 0 saturated carbocycles. The van der Waals surface area contributed by atoms with E-state index in [0.717, 1.165) is 62.8 Å². The topological polar surface area (TPSA) is 51.6 Å². The van der Waals surface area contributed by atoms with Crippen molar-refractivity contribution in [1.29, 1.82) is 0 Å². The Labute approximate surface area is 216 Å². The number of hydrogen-bond acceptors (Lipinski definition) is 5. The first-order valence-electron chi connectivity index (χ1n) is 13.5. The predicted octanol–water partition coefficient (Wildman–Crippen LogP) is 5.40. The Morgan fingerprint density at radius 2 is 1.42 bits per heavy atom. The lowest BCUT2D eigenvalue weighted by molar-refractivity contribution is 0.262. The Bertz CT molecular complexity index is 1090. The van der Waals surface area contributed by atoms with E-state index in [9.17, 15) is 0 Å². The molecular formula is C30H42N4O2. The van der Waals surface area contributed by atoms with Crippen LogP contribution in [0.4, 0.5) is 0 Å². The van der Waals surface area contributed by atoms with E-state index in [2.05, 4.69) is 65.6 Å². The summed E-state index contributed by atoms with van der Waals surface area (Å²) >= 11 is 0. The second-order valence-corrected chi connectivity index (χ2v) is 9.78. The van der Waals surface area contributed by atoms with Crippen molar-refractivity contribution in [2.24, 2.45) is 0 Å². The fourth-order valence-corrected chi connectivity index (χ4v) is 4.89. The van der Waals surface area contributed by atoms with E-state index in [1.165, 1.54) is 48.2 Å². The summed E-state index contributed by atoms with van der Waals surface area (Å²) in [5, 5.41) is 7.89. The van der Waals surface area contributed by atoms with Crippen LogP contribution in [-0.2, 0) is 6.54 Å². The summed E-state index contributed by atoms with van der Waals surface area (Å²) < 4.78 is 14.3. The molecule has 0 bridgehead atoms. The predicted molar refractivity (Wildman–Crippen MR) is 147 cm³/mol. The largest absolute Gasteiger partial charge is 0.493 e. The first-order valence-corrected chi connectivity index (χ1v) is 13.5. The number of nitrogens with one attached hydrogen (secondary N) is 1. The number of aromatic nitrogens is 2. The quantitative estimate of drug-likeness (QED) is 0.307. The molecule has 0 aliphatic carbocycles. The smallest absolute Gasteiger partial charge is 0.122 e. The zero-order chi connectivity index (χ0) is 25.2. The molecule has 0 radical (unpaired) electrons. The summed E-state index contributed by atoms with van der Waals surface area (Å²) in [6.07, 6.45) is 6.74. The second-order valence-electron chi connectivity index (χ2n) is 9.78. The van der Waals surface area contributed by atoms with E-state index in [4.69, 9.17) is 9.47 Å². The van der Waals surface area contributed by atoms with Gasteiger partial charge in [0.2, 0.25) is 0 Å². The number of benzene rings is 2. The molecule has 6 heteroatoms. The third kappa shape index (κ3) is 7.34. The van der Waals surface area contributed by atoms with Gasteiger partial charge in [-0.25, -0.2) is 0 Å². The van der Waals surface area contributed by atoms with Gasteiger partial charge in [0.1, 0.15) is 11.5 Å². The third-order valence-corrected chi connectivity index (χ3v) is 6.98. The molecule has 6 nitrogen and oxygen atoms in total. The summed E-state index contributed by atoms with van der Waals surface area (Å²) in [5.74, 6) is 1.94. The van der Waals surface area contributed by atoms with Crippen LogP contribution in [0.5, 0.6) is 11.5 Å². The van der Waals surface area contributed by atoms with Gasteiger partial charge in [-0.05, 0) is 107 Å². The molecule has 0 atom stereocenters. The molecule has 0 unspecified atom stereocenters. The summed E-state index contributed by atoms with van der Waals surface area (Å²) in [6, 6.07) is 14.7. The zero-order valence-electron chi connectivity index (χ0n) is 22.3. The van der Waals surface area contributed by atoms with Crippen LogP contribution in [0.2, 0.25) is 0 Å². The highest BCUT2D eigenvalue weighted by Crippen LogP contribution is 2.35. The van der Waals surface area contributed by atoms with E-state index in [-0.39, 0.29) is 0 Å². The van der Waals surface area contributed by atoms with Crippen LogP contribution in [0, 0.1) is 20.8 Å². The van der Waals surface area contributed by atoms with E-state index in [0.29, 0.717) is 6.61 Å². The number of rotatable bonds is 14. The van der Waals surface area contributed by atoms with Gasteiger partial charge in [0.15, 0.2) is 0 Å². The minimum atomic E-state index is 0.692. The zero-order valence-corrected chi connectivity index (χ0v) is 22.3. The molecule has 3 aromatic rings. The van der Waals surface area contributed by atoms with Gasteiger partial charge in [-0.2, -0.15) is 5.10 Å². The maximum Gasteiger partial charge on any atom is 0.122 e. The first kappa shape index (κ1) is 26.2. The maximum atomic E-state index is 6.20. The Kier molecular flexibility index (Phi) is 9.82. The van der Waals surface area contributed by atoms with Gasteiger partial charge in [0.05, 0.1) is 25.5 Å². The molecule has 36 heavy (non-hydrogen) atoms. The highest BCUT2D eigenvalue weighted by atomic mass is 16.5. The molecule has 2 heterocycles. The first-order chi connectivity index (χ1) is 17.6. The van der Waals surface area contributed by atoms with Crippen LogP contribution in [-0.4, -0.2) is 60.6 Å². The highest BCUT2D eigenvalue weighted by molar-refractivity contribution is 5.74. The number of hydrogen-bond donors (Lipinski definition) is 1. The van der Waals surface area contributed by atoms with Crippen LogP contribution in [0.25, 0.3) is 11.1 Å². The molecule has 4 rings (SSSR count). The molecule has 0 amide bonds. The van der Waals surface area contributed by atoms with E-state index >= 15 is 0 Å². The number of likely N-dealkylation sites (tertiary alicyclic amines) is 1. The Balaban J connectivity index is 1.25. The molecule has 1 aromatic heterocycles. The monoisotopic (exact) mass is 490 g/mol. The molecule has 1 fully saturated rings. The van der Waals surface area contributed by atoms with Gasteiger partial charge in [-0.3, -0.25) is 4.68 Å². The van der Waals surface area contributed by atoms with Gasteiger partial charge in [0, 0.05) is 19.3 Å². The van der Waals surface area contributed by atoms with Crippen LogP contribution >= 0.6 is 0 Å². The standard InChI is InChI=1S/C30H42N4O2/c1-24-14-20-34(32-24)21-16-31-15-8-22-35-29-12-6-10-27(25(29)2)28-11-7-13-30(26(28)3)36-23-9-19-33-17-4-5-18-33/h6-7,10-14,20,31H,4-5,8-9,15-19,21-23H2,1-3H3. The highest BCUT2D eigenvalue weighted by Gasteiger charge is 2.13. The van der Waals surface area contributed by atoms with Crippen molar-refractivity contribution in [2.75, 3.05) is 45.9 Å². The van der Waals surface area contributed by atoms with Gasteiger partial charge in [-0.15, -0.1) is 0 Å². The van der Waals surface area contributed by atoms with Gasteiger partial charge in [0.25, 0.3) is 0 Å². The van der Waals surface area contributed by atoms with E-state index in [1.54, 1.807) is 0 Å². The van der Waals surface area contributed by atoms with Crippen LogP contribution in [0.3, 0.4) is 0 Å². The summed E-state index contributed by atoms with van der Waals surface area (Å²) in [7, 11) is 0. The fourth-order valence-electron chi connectivity index (χ4n) is 4.89. The van der Waals surface area contributed by atoms with Crippen molar-refractivity contribution < 1.29 is 9.47 Å². The summed E-state index contributed by atoms with van der Waals surface area (Å²) in [5.41, 5.74) is 5.85. The molecular weight excluding hydrogens is 448 g/mol. The Morgan fingerprint density at radius 1 is 0.778 bits per heavy atom. The minimum Gasteiger partial charge on any atom is -0.493 e. The maximum absolute atomic E-state index is 6.20. The van der Waals surface area contributed by atoms with Crippen molar-refractivity contribution >= 4 is 0 Å². The van der Waals surface area contributed by atoms with Crippen LogP contribution < -0.4 is 14.8 Å². The second kappa shape index (κ2) is 13.5. The lowest BCUT2D eigenvalue weighted by atomic mass is 9.95. The summed E-state index contributed by atoms with van der Waals surface area (Å²) in [6.45, 7) is 14.1. The third-order valence-electron chi connectivity index (χ3n) is 6.98. The molecule has 1 saturated heterocycles. The van der Waals surface area contributed by atoms with Gasteiger partial charge in [-0.1, -0.05) is 24.3 Å². The average molecular weight is 491 g/mol. The van der Waals surface area contributed by atoms with Crippen molar-refractivity contribution in [1.82, 2.24) is 20.0 Å². The Hall–Kier alpha value is -2.83. The van der Waals surface area contributed by atoms with Gasteiger partial charge < -0.3 is 19.7 Å². The molecule has 2 aromatic carbocycles. The van der Waals surface area contributed by atoms with Crippen molar-refractivity contribution in [3.8, 4) is 22.6 Å².